The molecule has 2 aliphatic rings. The van der Waals surface area contributed by atoms with Gasteiger partial charge < -0.3 is 20.5 Å². The first-order chi connectivity index (χ1) is 16.2. The number of benzene rings is 2. The van der Waals surface area contributed by atoms with E-state index in [1.807, 2.05) is 24.3 Å². The molecule has 4 rings (SSSR count). The highest BCUT2D eigenvalue weighted by Gasteiger charge is 2.36. The van der Waals surface area contributed by atoms with Gasteiger partial charge in [0.1, 0.15) is 6.61 Å². The Bertz CT molecular complexity index is 1030. The number of nitrogens with one attached hydrogen (secondary N) is 2. The van der Waals surface area contributed by atoms with Crippen LogP contribution in [0.2, 0.25) is 0 Å². The fourth-order valence-corrected chi connectivity index (χ4v) is 5.34. The SMILES string of the molecule is CC(C)(CC(=O)O)NC(=O)C1CCCC1CNC(=O)OCC1c2ccccc2-c2ccccc21. The molecule has 0 aromatic heterocycles. The highest BCUT2D eigenvalue weighted by Crippen LogP contribution is 2.44. The van der Waals surface area contributed by atoms with Crippen LogP contribution in [0.25, 0.3) is 11.1 Å². The largest absolute Gasteiger partial charge is 0.481 e. The highest BCUT2D eigenvalue weighted by molar-refractivity contribution is 5.81. The van der Waals surface area contributed by atoms with Crippen molar-refractivity contribution in [3.05, 3.63) is 59.7 Å². The Balaban J connectivity index is 1.30. The molecule has 2 unspecified atom stereocenters. The molecule has 0 spiro atoms. The van der Waals surface area contributed by atoms with Gasteiger partial charge in [-0.1, -0.05) is 55.0 Å². The van der Waals surface area contributed by atoms with Gasteiger partial charge in [0.25, 0.3) is 0 Å². The van der Waals surface area contributed by atoms with E-state index in [4.69, 9.17) is 9.84 Å². The van der Waals surface area contributed by atoms with Crippen LogP contribution in [0, 0.1) is 11.8 Å². The Morgan fingerprint density at radius 3 is 2.24 bits per heavy atom. The van der Waals surface area contributed by atoms with E-state index in [0.29, 0.717) is 6.54 Å². The molecule has 1 saturated carbocycles. The Labute approximate surface area is 199 Å². The summed E-state index contributed by atoms with van der Waals surface area (Å²) >= 11 is 0. The van der Waals surface area contributed by atoms with Crippen LogP contribution >= 0.6 is 0 Å². The lowest BCUT2D eigenvalue weighted by Crippen LogP contribution is -2.48. The van der Waals surface area contributed by atoms with Crippen LogP contribution in [-0.4, -0.2) is 41.8 Å². The van der Waals surface area contributed by atoms with Gasteiger partial charge in [0.05, 0.1) is 6.42 Å². The predicted molar refractivity (Wildman–Crippen MR) is 128 cm³/mol. The first-order valence-corrected chi connectivity index (χ1v) is 11.9. The molecule has 1 fully saturated rings. The molecule has 180 valence electrons. The molecule has 2 atom stereocenters. The number of ether oxygens (including phenoxy) is 1. The molecule has 0 bridgehead atoms. The molecule has 7 nitrogen and oxygen atoms in total. The number of alkyl carbamates (subject to hydrolysis) is 1. The van der Waals surface area contributed by atoms with E-state index in [2.05, 4.69) is 34.9 Å². The zero-order valence-electron chi connectivity index (χ0n) is 19.7. The zero-order chi connectivity index (χ0) is 24.3. The molecule has 2 aliphatic carbocycles. The van der Waals surface area contributed by atoms with Crippen LogP contribution in [0.1, 0.15) is 56.6 Å². The summed E-state index contributed by atoms with van der Waals surface area (Å²) in [6.45, 7) is 4.02. The zero-order valence-corrected chi connectivity index (χ0v) is 19.7. The number of aliphatic carboxylic acids is 1. The predicted octanol–water partition coefficient (Wildman–Crippen LogP) is 4.31. The summed E-state index contributed by atoms with van der Waals surface area (Å²) in [6.07, 6.45) is 1.83. The van der Waals surface area contributed by atoms with Crippen LogP contribution < -0.4 is 10.6 Å². The first kappa shape index (κ1) is 23.8. The fraction of sp³-hybridized carbons (Fsp3) is 0.444. The second kappa shape index (κ2) is 9.87. The maximum Gasteiger partial charge on any atom is 0.407 e. The summed E-state index contributed by atoms with van der Waals surface area (Å²) < 4.78 is 5.60. The Morgan fingerprint density at radius 2 is 1.62 bits per heavy atom. The van der Waals surface area contributed by atoms with Crippen molar-refractivity contribution in [3.8, 4) is 11.1 Å². The van der Waals surface area contributed by atoms with Gasteiger partial charge in [0.15, 0.2) is 0 Å². The van der Waals surface area contributed by atoms with Gasteiger partial charge in [-0.2, -0.15) is 0 Å². The monoisotopic (exact) mass is 464 g/mol. The number of amides is 2. The topological polar surface area (TPSA) is 105 Å². The van der Waals surface area contributed by atoms with Crippen molar-refractivity contribution in [1.29, 1.82) is 0 Å². The summed E-state index contributed by atoms with van der Waals surface area (Å²) in [5.74, 6) is -1.35. The van der Waals surface area contributed by atoms with Crippen molar-refractivity contribution in [2.45, 2.75) is 51.0 Å². The van der Waals surface area contributed by atoms with Crippen molar-refractivity contribution < 1.29 is 24.2 Å². The Kier molecular flexibility index (Phi) is 6.91. The number of rotatable bonds is 8. The van der Waals surface area contributed by atoms with Gasteiger partial charge in [-0.3, -0.25) is 9.59 Å². The molecule has 2 aromatic carbocycles. The Hall–Kier alpha value is -3.35. The van der Waals surface area contributed by atoms with Crippen LogP contribution in [0.4, 0.5) is 4.79 Å². The van der Waals surface area contributed by atoms with Crippen molar-refractivity contribution in [1.82, 2.24) is 10.6 Å². The third-order valence-electron chi connectivity index (χ3n) is 6.90. The Morgan fingerprint density at radius 1 is 1.00 bits per heavy atom. The maximum atomic E-state index is 12.8. The van der Waals surface area contributed by atoms with E-state index in [0.717, 1.165) is 30.4 Å². The van der Waals surface area contributed by atoms with E-state index in [1.54, 1.807) is 13.8 Å². The van der Waals surface area contributed by atoms with Gasteiger partial charge in [-0.15, -0.1) is 0 Å². The third kappa shape index (κ3) is 5.24. The number of carbonyl (C=O) groups is 3. The molecular weight excluding hydrogens is 432 g/mol. The molecular formula is C27H32N2O5. The standard InChI is InChI=1S/C27H32N2O5/c1-27(2,14-24(30)31)29-25(32)18-13-7-8-17(18)15-28-26(33)34-16-23-21-11-5-3-9-19(21)20-10-4-6-12-22(20)23/h3-6,9-12,17-18,23H,7-8,13-16H2,1-2H3,(H,28,33)(H,29,32)(H,30,31). The molecule has 0 aliphatic heterocycles. The lowest BCUT2D eigenvalue weighted by atomic mass is 9.92. The lowest BCUT2D eigenvalue weighted by Gasteiger charge is -2.28. The van der Waals surface area contributed by atoms with E-state index in [1.165, 1.54) is 11.1 Å². The summed E-state index contributed by atoms with van der Waals surface area (Å²) in [6, 6.07) is 16.4. The lowest BCUT2D eigenvalue weighted by molar-refractivity contribution is -0.139. The molecule has 3 N–H and O–H groups in total. The second-order valence-corrected chi connectivity index (χ2v) is 9.95. The van der Waals surface area contributed by atoms with Gasteiger partial charge in [0.2, 0.25) is 5.91 Å². The van der Waals surface area contributed by atoms with Crippen LogP contribution in [-0.2, 0) is 14.3 Å². The van der Waals surface area contributed by atoms with Crippen LogP contribution in [0.5, 0.6) is 0 Å². The fourth-order valence-electron chi connectivity index (χ4n) is 5.34. The number of hydrogen-bond donors (Lipinski definition) is 3. The van der Waals surface area contributed by atoms with E-state index < -0.39 is 17.6 Å². The van der Waals surface area contributed by atoms with Crippen LogP contribution in [0.3, 0.4) is 0 Å². The highest BCUT2D eigenvalue weighted by atomic mass is 16.5. The number of carboxylic acid groups (broad SMARTS) is 1. The van der Waals surface area contributed by atoms with Gasteiger partial charge in [-0.05, 0) is 54.9 Å². The number of carbonyl (C=O) groups excluding carboxylic acids is 2. The van der Waals surface area contributed by atoms with Crippen molar-refractivity contribution >= 4 is 18.0 Å². The summed E-state index contributed by atoms with van der Waals surface area (Å²) in [5.41, 5.74) is 3.85. The molecule has 2 amide bonds. The van der Waals surface area contributed by atoms with Gasteiger partial charge >= 0.3 is 12.1 Å². The van der Waals surface area contributed by atoms with E-state index >= 15 is 0 Å². The number of hydrogen-bond acceptors (Lipinski definition) is 4. The average Bonchev–Trinajstić information content (AvgIpc) is 3.38. The van der Waals surface area contributed by atoms with Crippen molar-refractivity contribution in [3.63, 3.8) is 0 Å². The first-order valence-electron chi connectivity index (χ1n) is 11.9. The molecule has 2 aromatic rings. The van der Waals surface area contributed by atoms with Crippen LogP contribution in [0.15, 0.2) is 48.5 Å². The normalized spacial score (nSPS) is 19.2. The van der Waals surface area contributed by atoms with Gasteiger partial charge in [0, 0.05) is 23.9 Å². The minimum atomic E-state index is -0.954. The van der Waals surface area contributed by atoms with Gasteiger partial charge in [-0.25, -0.2) is 4.79 Å². The second-order valence-electron chi connectivity index (χ2n) is 9.95. The van der Waals surface area contributed by atoms with E-state index in [-0.39, 0.29) is 36.7 Å². The molecule has 34 heavy (non-hydrogen) atoms. The molecule has 0 saturated heterocycles. The summed E-state index contributed by atoms with van der Waals surface area (Å²) in [4.78, 5) is 36.3. The molecule has 0 heterocycles. The number of carboxylic acids is 1. The minimum absolute atomic E-state index is 0.000349. The van der Waals surface area contributed by atoms with Crippen molar-refractivity contribution in [2.24, 2.45) is 11.8 Å². The minimum Gasteiger partial charge on any atom is -0.481 e. The summed E-state index contributed by atoms with van der Waals surface area (Å²) in [7, 11) is 0. The van der Waals surface area contributed by atoms with Crippen molar-refractivity contribution in [2.75, 3.05) is 13.2 Å². The number of fused-ring (bicyclic) bond motifs is 3. The quantitative estimate of drug-likeness (QED) is 0.540. The smallest absolute Gasteiger partial charge is 0.407 e. The summed E-state index contributed by atoms with van der Waals surface area (Å²) in [5, 5.41) is 14.8. The maximum absolute atomic E-state index is 12.8. The third-order valence-corrected chi connectivity index (χ3v) is 6.90. The molecule has 7 heteroatoms. The van der Waals surface area contributed by atoms with E-state index in [9.17, 15) is 14.4 Å². The average molecular weight is 465 g/mol. The molecule has 0 radical (unpaired) electrons.